The Morgan fingerprint density at radius 3 is 2.67 bits per heavy atom. The van der Waals surface area contributed by atoms with Crippen LogP contribution in [0.5, 0.6) is 5.75 Å². The lowest BCUT2D eigenvalue weighted by molar-refractivity contribution is -0.112. The van der Waals surface area contributed by atoms with Gasteiger partial charge in [0.05, 0.1) is 9.50 Å². The number of anilines is 1. The van der Waals surface area contributed by atoms with Crippen LogP contribution >= 0.6 is 39.1 Å². The van der Waals surface area contributed by atoms with Crippen LogP contribution in [0.15, 0.2) is 40.4 Å². The number of amides is 1. The number of hydrogen-bond acceptors (Lipinski definition) is 3. The summed E-state index contributed by atoms with van der Waals surface area (Å²) in [5.41, 5.74) is 1.63. The molecule has 122 valence electrons. The van der Waals surface area contributed by atoms with Crippen LogP contribution in [-0.2, 0) is 4.79 Å². The number of rotatable bonds is 3. The number of halogens is 3. The van der Waals surface area contributed by atoms with Gasteiger partial charge in [0, 0.05) is 10.7 Å². The summed E-state index contributed by atoms with van der Waals surface area (Å²) in [7, 11) is 0. The second-order valence-corrected chi connectivity index (χ2v) is 6.54. The quantitative estimate of drug-likeness (QED) is 0.516. The van der Waals surface area contributed by atoms with Crippen molar-refractivity contribution in [3.05, 3.63) is 61.5 Å². The molecule has 4 nitrogen and oxygen atoms in total. The van der Waals surface area contributed by atoms with Gasteiger partial charge in [-0.25, -0.2) is 0 Å². The van der Waals surface area contributed by atoms with Crippen LogP contribution in [-0.4, -0.2) is 11.0 Å². The summed E-state index contributed by atoms with van der Waals surface area (Å²) in [5, 5.41) is 22.2. The molecule has 0 radical (unpaired) electrons. The molecule has 2 aromatic carbocycles. The Kier molecular flexibility index (Phi) is 5.89. The second-order valence-electron chi connectivity index (χ2n) is 4.87. The molecule has 7 heteroatoms. The van der Waals surface area contributed by atoms with Gasteiger partial charge in [0.2, 0.25) is 0 Å². The Morgan fingerprint density at radius 2 is 2.04 bits per heavy atom. The van der Waals surface area contributed by atoms with E-state index in [1.807, 2.05) is 6.07 Å². The van der Waals surface area contributed by atoms with E-state index in [4.69, 9.17) is 23.2 Å². The predicted octanol–water partition coefficient (Wildman–Crippen LogP) is 5.32. The molecule has 0 saturated heterocycles. The summed E-state index contributed by atoms with van der Waals surface area (Å²) in [4.78, 5) is 12.3. The third-order valence-corrected chi connectivity index (χ3v) is 4.53. The molecule has 0 aliphatic carbocycles. The minimum atomic E-state index is -0.566. The maximum atomic E-state index is 12.3. The fourth-order valence-corrected chi connectivity index (χ4v) is 2.91. The monoisotopic (exact) mass is 424 g/mol. The first-order valence-corrected chi connectivity index (χ1v) is 8.24. The van der Waals surface area contributed by atoms with Crippen molar-refractivity contribution in [1.82, 2.24) is 0 Å². The summed E-state index contributed by atoms with van der Waals surface area (Å²) in [6, 6.07) is 9.98. The van der Waals surface area contributed by atoms with Crippen molar-refractivity contribution >= 4 is 56.8 Å². The first kappa shape index (κ1) is 18.3. The summed E-state index contributed by atoms with van der Waals surface area (Å²) >= 11 is 15.1. The molecule has 0 heterocycles. The zero-order valence-corrected chi connectivity index (χ0v) is 15.5. The van der Waals surface area contributed by atoms with Crippen molar-refractivity contribution in [3.8, 4) is 11.8 Å². The third kappa shape index (κ3) is 4.09. The number of nitrogens with zero attached hydrogens (tertiary/aromatic N) is 1. The summed E-state index contributed by atoms with van der Waals surface area (Å²) in [6.45, 7) is 1.77. The van der Waals surface area contributed by atoms with Crippen molar-refractivity contribution in [2.45, 2.75) is 6.92 Å². The minimum absolute atomic E-state index is 0.105. The van der Waals surface area contributed by atoms with Gasteiger partial charge in [0.1, 0.15) is 17.4 Å². The van der Waals surface area contributed by atoms with E-state index in [-0.39, 0.29) is 16.3 Å². The topological polar surface area (TPSA) is 73.1 Å². The number of carbonyl (C=O) groups is 1. The zero-order chi connectivity index (χ0) is 17.9. The lowest BCUT2D eigenvalue weighted by atomic mass is 10.1. The van der Waals surface area contributed by atoms with E-state index < -0.39 is 5.91 Å². The molecule has 0 spiro atoms. The van der Waals surface area contributed by atoms with Crippen LogP contribution in [0.2, 0.25) is 10.0 Å². The molecule has 2 aromatic rings. The van der Waals surface area contributed by atoms with Crippen molar-refractivity contribution in [2.24, 2.45) is 0 Å². The van der Waals surface area contributed by atoms with E-state index in [1.54, 1.807) is 31.2 Å². The number of aromatic hydroxyl groups is 1. The van der Waals surface area contributed by atoms with Crippen LogP contribution in [0.3, 0.4) is 0 Å². The van der Waals surface area contributed by atoms with Gasteiger partial charge in [-0.3, -0.25) is 4.79 Å². The first-order valence-electron chi connectivity index (χ1n) is 6.69. The van der Waals surface area contributed by atoms with Gasteiger partial charge >= 0.3 is 0 Å². The number of phenolic OH excluding ortho intramolecular Hbond substituents is 1. The number of phenols is 1. The number of benzene rings is 2. The molecular weight excluding hydrogens is 415 g/mol. The van der Waals surface area contributed by atoms with Crippen LogP contribution < -0.4 is 5.32 Å². The van der Waals surface area contributed by atoms with Crippen LogP contribution in [0.4, 0.5) is 5.69 Å². The molecule has 0 aliphatic heterocycles. The van der Waals surface area contributed by atoms with Gasteiger partial charge in [0.25, 0.3) is 5.91 Å². The summed E-state index contributed by atoms with van der Waals surface area (Å²) in [5.74, 6) is -0.672. The van der Waals surface area contributed by atoms with E-state index >= 15 is 0 Å². The van der Waals surface area contributed by atoms with Crippen LogP contribution in [0, 0.1) is 18.3 Å². The molecule has 0 atom stereocenters. The molecule has 0 aliphatic rings. The Hall–Kier alpha value is -2.00. The standard InChI is InChI=1S/C17H11BrCl2N2O2/c1-9-13(19)3-2-4-15(9)22-17(24)11(8-21)5-10-6-12(18)16(23)14(20)7-10/h2-7,23H,1H3,(H,22,24)/b11-5-. The highest BCUT2D eigenvalue weighted by Crippen LogP contribution is 2.33. The largest absolute Gasteiger partial charge is 0.505 e. The van der Waals surface area contributed by atoms with Crippen LogP contribution in [0.1, 0.15) is 11.1 Å². The Labute approximate surface area is 157 Å². The molecule has 0 saturated carbocycles. The lowest BCUT2D eigenvalue weighted by Crippen LogP contribution is -2.14. The maximum Gasteiger partial charge on any atom is 0.266 e. The van der Waals surface area contributed by atoms with E-state index in [2.05, 4.69) is 21.2 Å². The van der Waals surface area contributed by atoms with Crippen molar-refractivity contribution in [3.63, 3.8) is 0 Å². The highest BCUT2D eigenvalue weighted by molar-refractivity contribution is 9.10. The second kappa shape index (κ2) is 7.71. The molecule has 24 heavy (non-hydrogen) atoms. The minimum Gasteiger partial charge on any atom is -0.505 e. The highest BCUT2D eigenvalue weighted by Gasteiger charge is 2.13. The van der Waals surface area contributed by atoms with Crippen molar-refractivity contribution in [2.75, 3.05) is 5.32 Å². The highest BCUT2D eigenvalue weighted by atomic mass is 79.9. The number of hydrogen-bond donors (Lipinski definition) is 2. The molecule has 0 fully saturated rings. The van der Waals surface area contributed by atoms with Gasteiger partial charge in [-0.2, -0.15) is 5.26 Å². The smallest absolute Gasteiger partial charge is 0.266 e. The van der Waals surface area contributed by atoms with Crippen molar-refractivity contribution in [1.29, 1.82) is 5.26 Å². The summed E-state index contributed by atoms with van der Waals surface area (Å²) in [6.07, 6.45) is 1.38. The molecule has 0 unspecified atom stereocenters. The SMILES string of the molecule is Cc1c(Cl)cccc1NC(=O)/C(C#N)=C\c1cc(Cl)c(O)c(Br)c1. The molecule has 0 bridgehead atoms. The van der Waals surface area contributed by atoms with Gasteiger partial charge in [-0.15, -0.1) is 0 Å². The van der Waals surface area contributed by atoms with E-state index in [9.17, 15) is 15.2 Å². The fourth-order valence-electron chi connectivity index (χ4n) is 1.92. The Bertz CT molecular complexity index is 866. The lowest BCUT2D eigenvalue weighted by Gasteiger charge is -2.09. The predicted molar refractivity (Wildman–Crippen MR) is 99.2 cm³/mol. The molecule has 2 N–H and O–H groups in total. The third-order valence-electron chi connectivity index (χ3n) is 3.23. The Balaban J connectivity index is 2.33. The normalized spacial score (nSPS) is 11.0. The number of carbonyl (C=O) groups excluding carboxylic acids is 1. The van der Waals surface area contributed by atoms with E-state index in [0.717, 1.165) is 0 Å². The van der Waals surface area contributed by atoms with E-state index in [0.29, 0.717) is 26.3 Å². The first-order chi connectivity index (χ1) is 11.3. The molecule has 1 amide bonds. The van der Waals surface area contributed by atoms with Crippen LogP contribution in [0.25, 0.3) is 6.08 Å². The average Bonchev–Trinajstić information content (AvgIpc) is 2.54. The molecule has 0 aromatic heterocycles. The zero-order valence-electron chi connectivity index (χ0n) is 12.4. The van der Waals surface area contributed by atoms with Gasteiger partial charge in [-0.1, -0.05) is 29.3 Å². The van der Waals surface area contributed by atoms with E-state index in [1.165, 1.54) is 12.1 Å². The van der Waals surface area contributed by atoms with Crippen molar-refractivity contribution < 1.29 is 9.90 Å². The van der Waals surface area contributed by atoms with Gasteiger partial charge in [0.15, 0.2) is 0 Å². The average molecular weight is 426 g/mol. The van der Waals surface area contributed by atoms with Gasteiger partial charge < -0.3 is 10.4 Å². The summed E-state index contributed by atoms with van der Waals surface area (Å²) < 4.78 is 0.365. The molecular formula is C17H11BrCl2N2O2. The fraction of sp³-hybridized carbons (Fsp3) is 0.0588. The number of nitrogens with one attached hydrogen (secondary N) is 1. The van der Waals surface area contributed by atoms with Gasteiger partial charge in [-0.05, 0) is 64.3 Å². The molecule has 2 rings (SSSR count). The maximum absolute atomic E-state index is 12.3. The Morgan fingerprint density at radius 1 is 1.33 bits per heavy atom. The number of nitriles is 1.